The van der Waals surface area contributed by atoms with E-state index < -0.39 is 9.84 Å². The Morgan fingerprint density at radius 3 is 2.58 bits per heavy atom. The Kier molecular flexibility index (Phi) is 6.11. The maximum absolute atomic E-state index is 12.6. The Hall–Kier alpha value is -1.74. The first-order valence-electron chi connectivity index (χ1n) is 8.06. The lowest BCUT2D eigenvalue weighted by molar-refractivity contribution is 0.0701. The topological polar surface area (TPSA) is 95.5 Å². The van der Waals surface area contributed by atoms with Crippen LogP contribution in [0.25, 0.3) is 0 Å². The third-order valence-corrected chi connectivity index (χ3v) is 5.75. The molecule has 2 heterocycles. The fourth-order valence-electron chi connectivity index (χ4n) is 2.68. The van der Waals surface area contributed by atoms with Crippen LogP contribution in [0.15, 0.2) is 12.1 Å². The number of nitrogens with one attached hydrogen (secondary N) is 1. The summed E-state index contributed by atoms with van der Waals surface area (Å²) in [6.07, 6.45) is 0.486. The molecule has 0 radical (unpaired) electrons. The molecule has 1 aromatic heterocycles. The molecule has 1 saturated heterocycles. The Morgan fingerprint density at radius 1 is 1.33 bits per heavy atom. The van der Waals surface area contributed by atoms with Crippen molar-refractivity contribution >= 4 is 21.6 Å². The molecule has 0 aliphatic carbocycles. The van der Waals surface area contributed by atoms with Gasteiger partial charge in [0.1, 0.15) is 5.82 Å². The molecule has 1 N–H and O–H groups in total. The van der Waals surface area contributed by atoms with Gasteiger partial charge in [0.2, 0.25) is 0 Å². The SMILES string of the molecule is CCN(C(=O)c1ccc(NCCN(C)C)nn1)C1CCS(=O)(=O)C1. The molecule has 2 rings (SSSR count). The fraction of sp³-hybridized carbons (Fsp3) is 0.667. The van der Waals surface area contributed by atoms with Crippen LogP contribution in [0.2, 0.25) is 0 Å². The van der Waals surface area contributed by atoms with Gasteiger partial charge in [-0.25, -0.2) is 8.42 Å². The van der Waals surface area contributed by atoms with Crippen molar-refractivity contribution in [3.05, 3.63) is 17.8 Å². The van der Waals surface area contributed by atoms with Crippen molar-refractivity contribution in [1.29, 1.82) is 0 Å². The summed E-state index contributed by atoms with van der Waals surface area (Å²) in [6.45, 7) is 3.88. The van der Waals surface area contributed by atoms with E-state index in [9.17, 15) is 13.2 Å². The van der Waals surface area contributed by atoms with Crippen molar-refractivity contribution in [2.45, 2.75) is 19.4 Å². The third kappa shape index (κ3) is 4.88. The summed E-state index contributed by atoms with van der Waals surface area (Å²) in [6, 6.07) is 3.07. The number of carbonyl (C=O) groups is 1. The van der Waals surface area contributed by atoms with Gasteiger partial charge in [-0.2, -0.15) is 0 Å². The molecule has 1 aromatic rings. The molecule has 1 aliphatic rings. The zero-order valence-electron chi connectivity index (χ0n) is 14.4. The average Bonchev–Trinajstić information content (AvgIpc) is 2.88. The zero-order valence-corrected chi connectivity index (χ0v) is 15.2. The summed E-state index contributed by atoms with van der Waals surface area (Å²) < 4.78 is 23.3. The molecule has 24 heavy (non-hydrogen) atoms. The van der Waals surface area contributed by atoms with E-state index in [4.69, 9.17) is 0 Å². The van der Waals surface area contributed by atoms with Gasteiger partial charge in [0, 0.05) is 25.7 Å². The summed E-state index contributed by atoms with van der Waals surface area (Å²) in [5, 5.41) is 11.1. The van der Waals surface area contributed by atoms with Crippen molar-refractivity contribution in [3.63, 3.8) is 0 Å². The first-order valence-corrected chi connectivity index (χ1v) is 9.88. The summed E-state index contributed by atoms with van der Waals surface area (Å²) in [5.74, 6) is 0.512. The number of likely N-dealkylation sites (N-methyl/N-ethyl adjacent to an activating group) is 1. The molecule has 0 spiro atoms. The minimum absolute atomic E-state index is 0.0319. The number of rotatable bonds is 7. The molecule has 9 heteroatoms. The van der Waals surface area contributed by atoms with Crippen molar-refractivity contribution in [2.24, 2.45) is 0 Å². The highest BCUT2D eigenvalue weighted by atomic mass is 32.2. The molecule has 1 amide bonds. The van der Waals surface area contributed by atoms with Gasteiger partial charge < -0.3 is 15.1 Å². The number of carbonyl (C=O) groups excluding carboxylic acids is 1. The summed E-state index contributed by atoms with van der Waals surface area (Å²) in [7, 11) is 0.933. The van der Waals surface area contributed by atoms with Gasteiger partial charge in [0.15, 0.2) is 15.5 Å². The van der Waals surface area contributed by atoms with Crippen LogP contribution in [0.1, 0.15) is 23.8 Å². The van der Waals surface area contributed by atoms with Crippen LogP contribution in [-0.2, 0) is 9.84 Å². The number of nitrogens with zero attached hydrogens (tertiary/aromatic N) is 4. The highest BCUT2D eigenvalue weighted by Gasteiger charge is 2.34. The van der Waals surface area contributed by atoms with E-state index in [0.29, 0.717) is 18.8 Å². The fourth-order valence-corrected chi connectivity index (χ4v) is 4.41. The van der Waals surface area contributed by atoms with Crippen molar-refractivity contribution < 1.29 is 13.2 Å². The second kappa shape index (κ2) is 7.89. The Morgan fingerprint density at radius 2 is 2.08 bits per heavy atom. The summed E-state index contributed by atoms with van der Waals surface area (Å²) in [4.78, 5) is 16.2. The highest BCUT2D eigenvalue weighted by molar-refractivity contribution is 7.91. The van der Waals surface area contributed by atoms with Crippen LogP contribution in [-0.4, -0.2) is 85.6 Å². The van der Waals surface area contributed by atoms with Gasteiger partial charge in [-0.05, 0) is 39.6 Å². The van der Waals surface area contributed by atoms with E-state index in [1.54, 1.807) is 17.0 Å². The van der Waals surface area contributed by atoms with E-state index in [2.05, 4.69) is 15.5 Å². The molecule has 1 aliphatic heterocycles. The molecule has 8 nitrogen and oxygen atoms in total. The van der Waals surface area contributed by atoms with Crippen LogP contribution >= 0.6 is 0 Å². The highest BCUT2D eigenvalue weighted by Crippen LogP contribution is 2.19. The van der Waals surface area contributed by atoms with E-state index in [-0.39, 0.29) is 29.1 Å². The molecule has 1 fully saturated rings. The van der Waals surface area contributed by atoms with Gasteiger partial charge in [-0.15, -0.1) is 10.2 Å². The lowest BCUT2D eigenvalue weighted by Crippen LogP contribution is -2.41. The average molecular weight is 355 g/mol. The maximum atomic E-state index is 12.6. The number of amides is 1. The van der Waals surface area contributed by atoms with Crippen LogP contribution < -0.4 is 5.32 Å². The van der Waals surface area contributed by atoms with E-state index in [0.717, 1.165) is 13.1 Å². The Bertz CT molecular complexity index is 660. The second-order valence-electron chi connectivity index (χ2n) is 6.18. The monoisotopic (exact) mass is 355 g/mol. The smallest absolute Gasteiger partial charge is 0.274 e. The van der Waals surface area contributed by atoms with Crippen LogP contribution in [0.5, 0.6) is 0 Å². The molecule has 1 atom stereocenters. The number of aromatic nitrogens is 2. The molecule has 1 unspecified atom stereocenters. The molecular weight excluding hydrogens is 330 g/mol. The Labute approximate surface area is 143 Å². The molecule has 0 bridgehead atoms. The largest absolute Gasteiger partial charge is 0.367 e. The summed E-state index contributed by atoms with van der Waals surface area (Å²) >= 11 is 0. The number of hydrogen-bond acceptors (Lipinski definition) is 7. The number of hydrogen-bond donors (Lipinski definition) is 1. The van der Waals surface area contributed by atoms with Crippen molar-refractivity contribution in [2.75, 3.05) is 50.6 Å². The number of sulfone groups is 1. The van der Waals surface area contributed by atoms with Crippen LogP contribution in [0, 0.1) is 0 Å². The van der Waals surface area contributed by atoms with E-state index >= 15 is 0 Å². The zero-order chi connectivity index (χ0) is 17.7. The molecule has 0 aromatic carbocycles. The maximum Gasteiger partial charge on any atom is 0.274 e. The minimum Gasteiger partial charge on any atom is -0.367 e. The number of anilines is 1. The van der Waals surface area contributed by atoms with Crippen molar-refractivity contribution in [1.82, 2.24) is 20.0 Å². The van der Waals surface area contributed by atoms with Gasteiger partial charge in [-0.1, -0.05) is 0 Å². The first kappa shape index (κ1) is 18.6. The van der Waals surface area contributed by atoms with Gasteiger partial charge in [-0.3, -0.25) is 4.79 Å². The van der Waals surface area contributed by atoms with Crippen LogP contribution in [0.4, 0.5) is 5.82 Å². The van der Waals surface area contributed by atoms with Crippen LogP contribution in [0.3, 0.4) is 0 Å². The quantitative estimate of drug-likeness (QED) is 0.741. The van der Waals surface area contributed by atoms with E-state index in [1.807, 2.05) is 25.9 Å². The van der Waals surface area contributed by atoms with Crippen molar-refractivity contribution in [3.8, 4) is 0 Å². The lowest BCUT2D eigenvalue weighted by atomic mass is 10.2. The third-order valence-electron chi connectivity index (χ3n) is 4.00. The minimum atomic E-state index is -3.03. The summed E-state index contributed by atoms with van der Waals surface area (Å²) in [5.41, 5.74) is 0.235. The molecular formula is C15H25N5O3S. The second-order valence-corrected chi connectivity index (χ2v) is 8.41. The predicted molar refractivity (Wildman–Crippen MR) is 92.8 cm³/mol. The predicted octanol–water partition coefficient (Wildman–Crippen LogP) is 0.0993. The standard InChI is InChI=1S/C15H25N5O3S/c1-4-20(12-7-10-24(22,23)11-12)15(21)13-5-6-14(18-17-13)16-8-9-19(2)3/h5-6,12H,4,7-11H2,1-3H3,(H,16,18). The first-order chi connectivity index (χ1) is 11.3. The lowest BCUT2D eigenvalue weighted by Gasteiger charge is -2.26. The van der Waals surface area contributed by atoms with Gasteiger partial charge in [0.05, 0.1) is 11.5 Å². The molecule has 0 saturated carbocycles. The Balaban J connectivity index is 2.00. The van der Waals surface area contributed by atoms with Gasteiger partial charge >= 0.3 is 0 Å². The normalized spacial score (nSPS) is 19.4. The molecule has 134 valence electrons. The van der Waals surface area contributed by atoms with E-state index in [1.165, 1.54) is 0 Å². The van der Waals surface area contributed by atoms with Gasteiger partial charge in [0.25, 0.3) is 5.91 Å².